The summed E-state index contributed by atoms with van der Waals surface area (Å²) in [6.07, 6.45) is 2.30. The molecule has 1 aliphatic heterocycles. The number of nitrogens with one attached hydrogen (secondary N) is 1. The van der Waals surface area contributed by atoms with Crippen molar-refractivity contribution in [1.29, 1.82) is 0 Å². The van der Waals surface area contributed by atoms with Crippen LogP contribution in [0.1, 0.15) is 19.8 Å². The highest BCUT2D eigenvalue weighted by atomic mass is 79.9. The maximum atomic E-state index is 5.91. The number of nitrogens with two attached hydrogens (primary N) is 1. The first-order valence-electron chi connectivity index (χ1n) is 7.24. The monoisotopic (exact) mass is 349 g/mol. The van der Waals surface area contributed by atoms with Gasteiger partial charge in [-0.15, -0.1) is 5.10 Å². The molecule has 1 saturated heterocycles. The Bertz CT molecular complexity index is 626. The smallest absolute Gasteiger partial charge is 0.245 e. The zero-order valence-corrected chi connectivity index (χ0v) is 13.7. The fraction of sp³-hybridized carbons (Fsp3) is 0.467. The molecular formula is C15H20BrN5. The van der Waals surface area contributed by atoms with Gasteiger partial charge in [-0.25, -0.2) is 0 Å². The molecule has 3 rings (SSSR count). The van der Waals surface area contributed by atoms with E-state index in [-0.39, 0.29) is 5.41 Å². The summed E-state index contributed by atoms with van der Waals surface area (Å²) in [5, 5.41) is 7.43. The number of hydrogen-bond acceptors (Lipinski definition) is 4. The largest absolute Gasteiger partial charge is 0.339 e. The third-order valence-electron chi connectivity index (χ3n) is 4.16. The summed E-state index contributed by atoms with van der Waals surface area (Å²) in [6, 6.07) is 8.01. The van der Waals surface area contributed by atoms with Crippen LogP contribution in [0.25, 0.3) is 11.4 Å². The molecule has 1 fully saturated rings. The molecule has 2 heterocycles. The first-order valence-corrected chi connectivity index (χ1v) is 8.03. The topological polar surface area (TPSA) is 70.8 Å². The van der Waals surface area contributed by atoms with Crippen LogP contribution in [0.5, 0.6) is 0 Å². The van der Waals surface area contributed by atoms with Gasteiger partial charge in [0.15, 0.2) is 5.82 Å². The number of anilines is 1. The lowest BCUT2D eigenvalue weighted by molar-refractivity contribution is 0.270. The van der Waals surface area contributed by atoms with Crippen molar-refractivity contribution in [3.05, 3.63) is 28.7 Å². The van der Waals surface area contributed by atoms with Gasteiger partial charge in [-0.3, -0.25) is 5.10 Å². The number of H-pyrrole nitrogens is 1. The number of halogens is 1. The van der Waals surface area contributed by atoms with Crippen molar-refractivity contribution >= 4 is 21.9 Å². The van der Waals surface area contributed by atoms with E-state index in [4.69, 9.17) is 5.73 Å². The Morgan fingerprint density at radius 1 is 1.43 bits per heavy atom. The van der Waals surface area contributed by atoms with E-state index in [0.717, 1.165) is 41.3 Å². The van der Waals surface area contributed by atoms with Crippen molar-refractivity contribution in [2.75, 3.05) is 24.5 Å². The molecular weight excluding hydrogens is 330 g/mol. The van der Waals surface area contributed by atoms with E-state index in [1.807, 2.05) is 24.3 Å². The molecule has 1 atom stereocenters. The van der Waals surface area contributed by atoms with Crippen LogP contribution in [0, 0.1) is 5.41 Å². The summed E-state index contributed by atoms with van der Waals surface area (Å²) in [5.41, 5.74) is 7.09. The summed E-state index contributed by atoms with van der Waals surface area (Å²) >= 11 is 3.55. The van der Waals surface area contributed by atoms with Gasteiger partial charge in [0.1, 0.15) is 0 Å². The van der Waals surface area contributed by atoms with Gasteiger partial charge in [0.05, 0.1) is 0 Å². The summed E-state index contributed by atoms with van der Waals surface area (Å²) in [7, 11) is 0. The highest BCUT2D eigenvalue weighted by molar-refractivity contribution is 9.10. The number of aromatic amines is 1. The van der Waals surface area contributed by atoms with Crippen molar-refractivity contribution in [3.63, 3.8) is 0 Å². The molecule has 3 N–H and O–H groups in total. The maximum absolute atomic E-state index is 5.91. The maximum Gasteiger partial charge on any atom is 0.245 e. The standard InChI is InChI=1S/C15H20BrN5/c1-15(9-17)7-4-8-21(10-15)14-18-13(19-20-14)11-5-2-3-6-12(11)16/h2-3,5-6H,4,7-10,17H2,1H3,(H,18,19,20). The summed E-state index contributed by atoms with van der Waals surface area (Å²) in [6.45, 7) is 4.84. The predicted molar refractivity (Wildman–Crippen MR) is 88.1 cm³/mol. The van der Waals surface area contributed by atoms with E-state index in [0.29, 0.717) is 6.54 Å². The predicted octanol–water partition coefficient (Wildman–Crippen LogP) is 2.80. The Hall–Kier alpha value is -1.40. The van der Waals surface area contributed by atoms with Crippen LogP contribution in [0.15, 0.2) is 28.7 Å². The minimum absolute atomic E-state index is 0.159. The van der Waals surface area contributed by atoms with E-state index in [2.05, 4.69) is 42.9 Å². The third kappa shape index (κ3) is 2.96. The van der Waals surface area contributed by atoms with Crippen molar-refractivity contribution in [3.8, 4) is 11.4 Å². The molecule has 21 heavy (non-hydrogen) atoms. The van der Waals surface area contributed by atoms with Crippen molar-refractivity contribution < 1.29 is 0 Å². The quantitative estimate of drug-likeness (QED) is 0.893. The zero-order chi connectivity index (χ0) is 14.9. The summed E-state index contributed by atoms with van der Waals surface area (Å²) < 4.78 is 1.01. The second kappa shape index (κ2) is 5.77. The minimum Gasteiger partial charge on any atom is -0.339 e. The summed E-state index contributed by atoms with van der Waals surface area (Å²) in [4.78, 5) is 6.88. The van der Waals surface area contributed by atoms with Gasteiger partial charge >= 0.3 is 0 Å². The normalized spacial score (nSPS) is 22.5. The van der Waals surface area contributed by atoms with E-state index in [1.54, 1.807) is 0 Å². The van der Waals surface area contributed by atoms with Crippen LogP contribution >= 0.6 is 15.9 Å². The fourth-order valence-corrected chi connectivity index (χ4v) is 3.29. The average molecular weight is 350 g/mol. The lowest BCUT2D eigenvalue weighted by Gasteiger charge is -2.39. The molecule has 5 nitrogen and oxygen atoms in total. The molecule has 0 aliphatic carbocycles. The average Bonchev–Trinajstić information content (AvgIpc) is 2.97. The number of piperidine rings is 1. The van der Waals surface area contributed by atoms with Crippen LogP contribution in [-0.4, -0.2) is 34.8 Å². The van der Waals surface area contributed by atoms with Crippen molar-refractivity contribution in [2.24, 2.45) is 11.1 Å². The first kappa shape index (κ1) is 14.5. The molecule has 112 valence electrons. The highest BCUT2D eigenvalue weighted by Gasteiger charge is 2.31. The van der Waals surface area contributed by atoms with Crippen LogP contribution < -0.4 is 10.6 Å². The highest BCUT2D eigenvalue weighted by Crippen LogP contribution is 2.31. The van der Waals surface area contributed by atoms with Gasteiger partial charge in [-0.1, -0.05) is 41.1 Å². The second-order valence-electron chi connectivity index (χ2n) is 6.00. The van der Waals surface area contributed by atoms with Gasteiger partial charge in [-0.05, 0) is 30.9 Å². The molecule has 1 aromatic carbocycles. The van der Waals surface area contributed by atoms with Crippen molar-refractivity contribution in [1.82, 2.24) is 15.2 Å². The van der Waals surface area contributed by atoms with Crippen LogP contribution in [0.3, 0.4) is 0 Å². The van der Waals surface area contributed by atoms with Gasteiger partial charge < -0.3 is 10.6 Å². The Morgan fingerprint density at radius 3 is 3.00 bits per heavy atom. The van der Waals surface area contributed by atoms with Crippen molar-refractivity contribution in [2.45, 2.75) is 19.8 Å². The number of rotatable bonds is 3. The first-order chi connectivity index (χ1) is 10.1. The van der Waals surface area contributed by atoms with Gasteiger partial charge in [0.25, 0.3) is 0 Å². The minimum atomic E-state index is 0.159. The van der Waals surface area contributed by atoms with E-state index < -0.39 is 0 Å². The Kier molecular flexibility index (Phi) is 3.99. The third-order valence-corrected chi connectivity index (χ3v) is 4.85. The number of benzene rings is 1. The SMILES string of the molecule is CC1(CN)CCCN(c2n[nH]c(-c3ccccc3Br)n2)C1. The Morgan fingerprint density at radius 2 is 2.24 bits per heavy atom. The number of aromatic nitrogens is 3. The molecule has 0 bridgehead atoms. The number of hydrogen-bond donors (Lipinski definition) is 2. The van der Waals surface area contributed by atoms with Gasteiger partial charge in [-0.2, -0.15) is 4.98 Å². The molecule has 2 aromatic rings. The van der Waals surface area contributed by atoms with E-state index in [1.165, 1.54) is 6.42 Å². The van der Waals surface area contributed by atoms with Crippen LogP contribution in [0.2, 0.25) is 0 Å². The molecule has 6 heteroatoms. The molecule has 1 unspecified atom stereocenters. The van der Waals surface area contributed by atoms with Crippen LogP contribution in [-0.2, 0) is 0 Å². The molecule has 0 spiro atoms. The zero-order valence-electron chi connectivity index (χ0n) is 12.1. The van der Waals surface area contributed by atoms with Gasteiger partial charge in [0, 0.05) is 23.1 Å². The fourth-order valence-electron chi connectivity index (χ4n) is 2.82. The Labute approximate surface area is 133 Å². The lowest BCUT2D eigenvalue weighted by atomic mass is 9.82. The summed E-state index contributed by atoms with van der Waals surface area (Å²) in [5.74, 6) is 1.55. The molecule has 0 radical (unpaired) electrons. The number of nitrogens with zero attached hydrogens (tertiary/aromatic N) is 3. The van der Waals surface area contributed by atoms with E-state index in [9.17, 15) is 0 Å². The second-order valence-corrected chi connectivity index (χ2v) is 6.86. The van der Waals surface area contributed by atoms with Crippen LogP contribution in [0.4, 0.5) is 5.95 Å². The lowest BCUT2D eigenvalue weighted by Crippen LogP contribution is -2.46. The molecule has 1 aliphatic rings. The van der Waals surface area contributed by atoms with E-state index >= 15 is 0 Å². The molecule has 0 saturated carbocycles. The molecule has 1 aromatic heterocycles. The van der Waals surface area contributed by atoms with Gasteiger partial charge in [0.2, 0.25) is 5.95 Å². The Balaban J connectivity index is 1.84. The molecule has 0 amide bonds.